The Bertz CT molecular complexity index is 387. The van der Waals surface area contributed by atoms with Crippen molar-refractivity contribution in [3.05, 3.63) is 0 Å². The largest absolute Gasteiger partial charge is 1.00 e. The molecule has 0 radical (unpaired) electrons. The maximum absolute atomic E-state index is 11.2. The third-order valence-corrected chi connectivity index (χ3v) is 6.28. The molecule has 0 aromatic heterocycles. The van der Waals surface area contributed by atoms with Crippen molar-refractivity contribution in [1.82, 2.24) is 0 Å². The molecule has 0 saturated carbocycles. The molecule has 0 amide bonds. The van der Waals surface area contributed by atoms with Gasteiger partial charge >= 0.3 is 29.6 Å². The Kier molecular flexibility index (Phi) is 21.5. The van der Waals surface area contributed by atoms with Crippen LogP contribution in [-0.4, -0.2) is 29.4 Å². The van der Waals surface area contributed by atoms with Crippen molar-refractivity contribution in [2.45, 2.75) is 128 Å². The molecule has 0 saturated heterocycles. The first-order valence-corrected chi connectivity index (χ1v) is 12.0. The molecule has 0 bridgehead atoms. The fourth-order valence-electron chi connectivity index (χ4n) is 3.27. The fourth-order valence-corrected chi connectivity index (χ4v) is 4.19. The summed E-state index contributed by atoms with van der Waals surface area (Å²) in [6.45, 7) is 4.19. The summed E-state index contributed by atoms with van der Waals surface area (Å²) in [7, 11) is -4.13. The standard InChI is InChI=1S/C20H42O4S.Na/c1-3-5-12-15-19(21)16-13-10-8-7-9-11-14-18-20(17-6-4-2)25(22,23)24;/h19-21H,3-18H2,1-2H3,(H,22,23,24);/q;+1/p-1. The Morgan fingerprint density at radius 3 is 1.54 bits per heavy atom. The zero-order valence-electron chi connectivity index (χ0n) is 17.5. The summed E-state index contributed by atoms with van der Waals surface area (Å²) >= 11 is 0. The van der Waals surface area contributed by atoms with Crippen LogP contribution in [0.25, 0.3) is 0 Å². The second kappa shape index (κ2) is 19.2. The van der Waals surface area contributed by atoms with E-state index >= 15 is 0 Å². The van der Waals surface area contributed by atoms with Crippen molar-refractivity contribution in [2.75, 3.05) is 0 Å². The van der Waals surface area contributed by atoms with Crippen molar-refractivity contribution in [1.29, 1.82) is 0 Å². The second-order valence-corrected chi connectivity index (χ2v) is 9.11. The second-order valence-electron chi connectivity index (χ2n) is 7.46. The van der Waals surface area contributed by atoms with E-state index in [0.29, 0.717) is 12.8 Å². The molecule has 0 aliphatic carbocycles. The molecule has 0 aromatic carbocycles. The van der Waals surface area contributed by atoms with Gasteiger partial charge in [-0.15, -0.1) is 0 Å². The number of rotatable bonds is 18. The molecular weight excluding hydrogens is 359 g/mol. The van der Waals surface area contributed by atoms with E-state index in [1.54, 1.807) is 0 Å². The van der Waals surface area contributed by atoms with E-state index in [0.717, 1.165) is 64.2 Å². The van der Waals surface area contributed by atoms with Crippen LogP contribution in [0.3, 0.4) is 0 Å². The molecule has 0 fully saturated rings. The quantitative estimate of drug-likeness (QED) is 0.218. The van der Waals surface area contributed by atoms with Gasteiger partial charge in [0.15, 0.2) is 0 Å². The maximum atomic E-state index is 11.2. The number of aliphatic hydroxyl groups is 1. The van der Waals surface area contributed by atoms with Gasteiger partial charge in [0.05, 0.1) is 16.2 Å². The molecule has 4 nitrogen and oxygen atoms in total. The molecule has 26 heavy (non-hydrogen) atoms. The van der Waals surface area contributed by atoms with E-state index in [4.69, 9.17) is 0 Å². The van der Waals surface area contributed by atoms with Gasteiger partial charge in [-0.1, -0.05) is 90.9 Å². The topological polar surface area (TPSA) is 77.4 Å². The van der Waals surface area contributed by atoms with Gasteiger partial charge in [-0.3, -0.25) is 0 Å². The van der Waals surface area contributed by atoms with Gasteiger partial charge in [0.1, 0.15) is 0 Å². The zero-order chi connectivity index (χ0) is 19.0. The molecule has 152 valence electrons. The fraction of sp³-hybridized carbons (Fsp3) is 1.00. The van der Waals surface area contributed by atoms with Gasteiger partial charge in [-0.05, 0) is 25.7 Å². The molecule has 0 aliphatic heterocycles. The zero-order valence-corrected chi connectivity index (χ0v) is 20.4. The molecular formula is C20H41NaO4S. The van der Waals surface area contributed by atoms with Crippen molar-refractivity contribution in [2.24, 2.45) is 0 Å². The van der Waals surface area contributed by atoms with Crippen molar-refractivity contribution in [3.63, 3.8) is 0 Å². The Morgan fingerprint density at radius 2 is 1.08 bits per heavy atom. The Balaban J connectivity index is 0. The van der Waals surface area contributed by atoms with Crippen molar-refractivity contribution in [3.8, 4) is 0 Å². The van der Waals surface area contributed by atoms with Gasteiger partial charge in [0, 0.05) is 5.25 Å². The predicted molar refractivity (Wildman–Crippen MR) is 105 cm³/mol. The average molecular weight is 401 g/mol. The number of aliphatic hydroxyl groups excluding tert-OH is 1. The number of unbranched alkanes of at least 4 members (excludes halogenated alkanes) is 9. The van der Waals surface area contributed by atoms with E-state index in [9.17, 15) is 18.1 Å². The van der Waals surface area contributed by atoms with Crippen LogP contribution in [-0.2, 0) is 10.1 Å². The summed E-state index contributed by atoms with van der Waals surface area (Å²) in [4.78, 5) is 0. The van der Waals surface area contributed by atoms with E-state index < -0.39 is 15.4 Å². The molecule has 0 heterocycles. The first-order chi connectivity index (χ1) is 11.9. The smallest absolute Gasteiger partial charge is 0.748 e. The molecule has 2 atom stereocenters. The van der Waals surface area contributed by atoms with Crippen LogP contribution in [0, 0.1) is 0 Å². The monoisotopic (exact) mass is 400 g/mol. The Morgan fingerprint density at radius 1 is 0.692 bits per heavy atom. The van der Waals surface area contributed by atoms with E-state index in [2.05, 4.69) is 6.92 Å². The molecule has 1 N–H and O–H groups in total. The summed E-state index contributed by atoms with van der Waals surface area (Å²) in [5, 5.41) is 9.17. The average Bonchev–Trinajstić information content (AvgIpc) is 2.55. The van der Waals surface area contributed by atoms with Crippen LogP contribution in [0.2, 0.25) is 0 Å². The summed E-state index contributed by atoms with van der Waals surface area (Å²) in [5.74, 6) is 0. The van der Waals surface area contributed by atoms with Crippen molar-refractivity contribution >= 4 is 10.1 Å². The minimum atomic E-state index is -4.13. The number of hydrogen-bond donors (Lipinski definition) is 1. The van der Waals surface area contributed by atoms with Crippen LogP contribution >= 0.6 is 0 Å². The van der Waals surface area contributed by atoms with Gasteiger partial charge in [-0.25, -0.2) is 8.42 Å². The summed E-state index contributed by atoms with van der Waals surface area (Å²) < 4.78 is 33.7. The maximum Gasteiger partial charge on any atom is 1.00 e. The molecule has 2 unspecified atom stereocenters. The summed E-state index contributed by atoms with van der Waals surface area (Å²) in [5.41, 5.74) is 0. The third kappa shape index (κ3) is 18.2. The van der Waals surface area contributed by atoms with Crippen LogP contribution in [0.5, 0.6) is 0 Å². The Hall–Kier alpha value is 0.870. The normalized spacial score (nSPS) is 14.0. The Labute approximate surface area is 185 Å². The SMILES string of the molecule is CCCCCC(O)CCCCCCCCCC(CCCC)S(=O)(=O)[O-].[Na+]. The molecule has 6 heteroatoms. The first kappa shape index (κ1) is 29.1. The number of hydrogen-bond acceptors (Lipinski definition) is 4. The van der Waals surface area contributed by atoms with Gasteiger partial charge < -0.3 is 9.66 Å². The van der Waals surface area contributed by atoms with Crippen molar-refractivity contribution < 1.29 is 47.6 Å². The third-order valence-electron chi connectivity index (χ3n) is 4.99. The summed E-state index contributed by atoms with van der Waals surface area (Å²) in [6, 6.07) is 0. The van der Waals surface area contributed by atoms with Crippen LogP contribution in [0.4, 0.5) is 0 Å². The molecule has 0 spiro atoms. The minimum Gasteiger partial charge on any atom is -0.748 e. The minimum absolute atomic E-state index is 0. The van der Waals surface area contributed by atoms with E-state index in [1.165, 1.54) is 25.7 Å². The van der Waals surface area contributed by atoms with Crippen LogP contribution < -0.4 is 29.6 Å². The summed E-state index contributed by atoms with van der Waals surface area (Å²) in [6.07, 6.45) is 15.6. The molecule has 0 aliphatic rings. The van der Waals surface area contributed by atoms with Gasteiger partial charge in [0.2, 0.25) is 0 Å². The van der Waals surface area contributed by atoms with Gasteiger partial charge in [0.25, 0.3) is 0 Å². The first-order valence-electron chi connectivity index (χ1n) is 10.5. The van der Waals surface area contributed by atoms with Crippen LogP contribution in [0.15, 0.2) is 0 Å². The predicted octanol–water partition coefficient (Wildman–Crippen LogP) is 2.55. The molecule has 0 rings (SSSR count). The van der Waals surface area contributed by atoms with Crippen LogP contribution in [0.1, 0.15) is 117 Å². The molecule has 0 aromatic rings. The van der Waals surface area contributed by atoms with E-state index in [1.807, 2.05) is 6.92 Å². The van der Waals surface area contributed by atoms with E-state index in [-0.39, 0.29) is 35.7 Å². The van der Waals surface area contributed by atoms with Gasteiger partial charge in [-0.2, -0.15) is 0 Å².